The number of rotatable bonds is 1. The standard InChI is InChI=1S/C9H11BrN2O2S/c10-9-3-1-2-7-6-12(15(11,13)14)5-4-8(7)9/h1-3H,4-6H2,(H2,11,13,14). The second-order valence-electron chi connectivity index (χ2n) is 3.51. The highest BCUT2D eigenvalue weighted by Gasteiger charge is 2.24. The molecule has 2 N–H and O–H groups in total. The van der Waals surface area contributed by atoms with Crippen molar-refractivity contribution in [2.75, 3.05) is 6.54 Å². The molecular formula is C9H11BrN2O2S. The minimum atomic E-state index is -3.56. The van der Waals surface area contributed by atoms with Gasteiger partial charge in [-0.05, 0) is 23.6 Å². The van der Waals surface area contributed by atoms with Crippen LogP contribution in [0.3, 0.4) is 0 Å². The largest absolute Gasteiger partial charge is 0.277 e. The number of hydrogen-bond donors (Lipinski definition) is 1. The van der Waals surface area contributed by atoms with E-state index in [1.54, 1.807) is 0 Å². The number of halogens is 1. The van der Waals surface area contributed by atoms with E-state index >= 15 is 0 Å². The summed E-state index contributed by atoms with van der Waals surface area (Å²) in [5, 5.41) is 5.09. The van der Waals surface area contributed by atoms with Crippen LogP contribution in [0.2, 0.25) is 0 Å². The number of benzene rings is 1. The van der Waals surface area contributed by atoms with E-state index in [0.717, 1.165) is 10.0 Å². The van der Waals surface area contributed by atoms with Crippen LogP contribution in [0.5, 0.6) is 0 Å². The van der Waals surface area contributed by atoms with Crippen LogP contribution >= 0.6 is 15.9 Å². The van der Waals surface area contributed by atoms with Gasteiger partial charge in [-0.2, -0.15) is 12.7 Å². The summed E-state index contributed by atoms with van der Waals surface area (Å²) in [6.45, 7) is 0.821. The van der Waals surface area contributed by atoms with Gasteiger partial charge in [-0.15, -0.1) is 0 Å². The van der Waals surface area contributed by atoms with Crippen molar-refractivity contribution in [3.63, 3.8) is 0 Å². The number of nitrogens with zero attached hydrogens (tertiary/aromatic N) is 1. The van der Waals surface area contributed by atoms with Crippen LogP contribution < -0.4 is 5.14 Å². The summed E-state index contributed by atoms with van der Waals surface area (Å²) in [4.78, 5) is 0. The third-order valence-corrected chi connectivity index (χ3v) is 4.31. The lowest BCUT2D eigenvalue weighted by atomic mass is 10.0. The van der Waals surface area contributed by atoms with Gasteiger partial charge in [-0.1, -0.05) is 28.1 Å². The molecule has 0 aliphatic carbocycles. The fourth-order valence-corrected chi connectivity index (χ4v) is 3.02. The highest BCUT2D eigenvalue weighted by atomic mass is 79.9. The first-order valence-electron chi connectivity index (χ1n) is 4.52. The van der Waals surface area contributed by atoms with Gasteiger partial charge in [-0.3, -0.25) is 0 Å². The maximum Gasteiger partial charge on any atom is 0.277 e. The Morgan fingerprint density at radius 3 is 2.80 bits per heavy atom. The number of hydrogen-bond acceptors (Lipinski definition) is 2. The highest BCUT2D eigenvalue weighted by Crippen LogP contribution is 2.26. The molecule has 0 spiro atoms. The molecule has 0 saturated heterocycles. The molecule has 6 heteroatoms. The number of fused-ring (bicyclic) bond motifs is 1. The van der Waals surface area contributed by atoms with E-state index in [1.165, 1.54) is 9.87 Å². The zero-order valence-electron chi connectivity index (χ0n) is 7.98. The van der Waals surface area contributed by atoms with Crippen LogP contribution in [0.1, 0.15) is 11.1 Å². The molecule has 2 rings (SSSR count). The lowest BCUT2D eigenvalue weighted by Crippen LogP contribution is -2.40. The zero-order chi connectivity index (χ0) is 11.1. The van der Waals surface area contributed by atoms with Crippen LogP contribution in [-0.2, 0) is 23.2 Å². The Hall–Kier alpha value is -0.430. The number of nitrogens with two attached hydrogens (primary N) is 1. The third-order valence-electron chi connectivity index (χ3n) is 2.53. The van der Waals surface area contributed by atoms with Gasteiger partial charge in [0.25, 0.3) is 10.2 Å². The predicted molar refractivity (Wildman–Crippen MR) is 61.4 cm³/mol. The molecule has 4 nitrogen and oxygen atoms in total. The molecule has 0 unspecified atom stereocenters. The first-order chi connectivity index (χ1) is 6.98. The van der Waals surface area contributed by atoms with Crippen molar-refractivity contribution >= 4 is 26.1 Å². The first-order valence-corrected chi connectivity index (χ1v) is 6.82. The van der Waals surface area contributed by atoms with Crippen LogP contribution in [0.15, 0.2) is 22.7 Å². The smallest absolute Gasteiger partial charge is 0.216 e. The zero-order valence-corrected chi connectivity index (χ0v) is 10.4. The summed E-state index contributed by atoms with van der Waals surface area (Å²) in [6, 6.07) is 5.79. The molecule has 0 fully saturated rings. The van der Waals surface area contributed by atoms with Gasteiger partial charge in [0.1, 0.15) is 0 Å². The monoisotopic (exact) mass is 290 g/mol. The van der Waals surface area contributed by atoms with Crippen LogP contribution in [-0.4, -0.2) is 19.3 Å². The Morgan fingerprint density at radius 2 is 2.13 bits per heavy atom. The normalized spacial score (nSPS) is 17.5. The molecule has 1 aliphatic rings. The summed E-state index contributed by atoms with van der Waals surface area (Å²) >= 11 is 3.45. The van der Waals surface area contributed by atoms with Crippen molar-refractivity contribution in [2.45, 2.75) is 13.0 Å². The summed E-state index contributed by atoms with van der Waals surface area (Å²) in [5.74, 6) is 0. The molecule has 1 aliphatic heterocycles. The second kappa shape index (κ2) is 3.86. The van der Waals surface area contributed by atoms with Crippen LogP contribution in [0.25, 0.3) is 0 Å². The van der Waals surface area contributed by atoms with Crippen molar-refractivity contribution in [2.24, 2.45) is 5.14 Å². The quantitative estimate of drug-likeness (QED) is 0.839. The topological polar surface area (TPSA) is 63.4 Å². The van der Waals surface area contributed by atoms with E-state index in [1.807, 2.05) is 18.2 Å². The SMILES string of the molecule is NS(=O)(=O)N1CCc2c(Br)cccc2C1. The Balaban J connectivity index is 2.36. The molecule has 0 amide bonds. The summed E-state index contributed by atoms with van der Waals surface area (Å²) < 4.78 is 24.7. The second-order valence-corrected chi connectivity index (χ2v) is 5.91. The third kappa shape index (κ3) is 2.23. The molecule has 0 bridgehead atoms. The predicted octanol–water partition coefficient (Wildman–Crippen LogP) is 1.01. The van der Waals surface area contributed by atoms with E-state index < -0.39 is 10.2 Å². The van der Waals surface area contributed by atoms with E-state index in [-0.39, 0.29) is 0 Å². The molecule has 1 aromatic rings. The van der Waals surface area contributed by atoms with E-state index in [4.69, 9.17) is 5.14 Å². The lowest BCUT2D eigenvalue weighted by molar-refractivity contribution is 0.391. The average molecular weight is 291 g/mol. The van der Waals surface area contributed by atoms with E-state index in [2.05, 4.69) is 15.9 Å². The lowest BCUT2D eigenvalue weighted by Gasteiger charge is -2.26. The Kier molecular flexibility index (Phi) is 2.85. The van der Waals surface area contributed by atoms with Gasteiger partial charge < -0.3 is 0 Å². The maximum atomic E-state index is 11.2. The molecule has 82 valence electrons. The Labute approximate surface area is 97.4 Å². The van der Waals surface area contributed by atoms with Gasteiger partial charge in [0.2, 0.25) is 0 Å². The van der Waals surface area contributed by atoms with Gasteiger partial charge >= 0.3 is 0 Å². The van der Waals surface area contributed by atoms with Gasteiger partial charge in [0, 0.05) is 17.6 Å². The summed E-state index contributed by atoms with van der Waals surface area (Å²) in [5.41, 5.74) is 2.20. The average Bonchev–Trinajstić information content (AvgIpc) is 2.16. The molecule has 0 aromatic heterocycles. The van der Waals surface area contributed by atoms with Gasteiger partial charge in [0.05, 0.1) is 0 Å². The van der Waals surface area contributed by atoms with Crippen molar-refractivity contribution in [1.29, 1.82) is 0 Å². The van der Waals surface area contributed by atoms with E-state index in [9.17, 15) is 8.42 Å². The maximum absolute atomic E-state index is 11.2. The minimum absolute atomic E-state index is 0.369. The highest BCUT2D eigenvalue weighted by molar-refractivity contribution is 9.10. The summed E-state index contributed by atoms with van der Waals surface area (Å²) in [7, 11) is -3.56. The summed E-state index contributed by atoms with van der Waals surface area (Å²) in [6.07, 6.45) is 0.702. The molecule has 0 radical (unpaired) electrons. The molecular weight excluding hydrogens is 280 g/mol. The minimum Gasteiger partial charge on any atom is -0.216 e. The first kappa shape index (κ1) is 11.1. The van der Waals surface area contributed by atoms with Gasteiger partial charge in [-0.25, -0.2) is 5.14 Å². The van der Waals surface area contributed by atoms with Crippen molar-refractivity contribution in [3.05, 3.63) is 33.8 Å². The van der Waals surface area contributed by atoms with Crippen molar-refractivity contribution < 1.29 is 8.42 Å². The Morgan fingerprint density at radius 1 is 1.40 bits per heavy atom. The molecule has 0 atom stereocenters. The molecule has 0 saturated carbocycles. The van der Waals surface area contributed by atoms with Crippen molar-refractivity contribution in [3.8, 4) is 0 Å². The fraction of sp³-hybridized carbons (Fsp3) is 0.333. The van der Waals surface area contributed by atoms with E-state index in [0.29, 0.717) is 19.5 Å². The molecule has 1 heterocycles. The van der Waals surface area contributed by atoms with Crippen molar-refractivity contribution in [1.82, 2.24) is 4.31 Å². The molecule has 1 aromatic carbocycles. The molecule has 15 heavy (non-hydrogen) atoms. The van der Waals surface area contributed by atoms with Crippen LogP contribution in [0, 0.1) is 0 Å². The Bertz CT molecular complexity index is 487. The van der Waals surface area contributed by atoms with Crippen LogP contribution in [0.4, 0.5) is 0 Å². The van der Waals surface area contributed by atoms with Gasteiger partial charge in [0.15, 0.2) is 0 Å². The fourth-order valence-electron chi connectivity index (χ4n) is 1.75.